The molecule has 2 aromatic carbocycles. The van der Waals surface area contributed by atoms with Gasteiger partial charge in [0.05, 0.1) is 6.20 Å². The number of piperidine rings is 1. The van der Waals surface area contributed by atoms with Gasteiger partial charge in [0.1, 0.15) is 22.9 Å². The van der Waals surface area contributed by atoms with E-state index in [0.717, 1.165) is 16.8 Å². The second kappa shape index (κ2) is 7.34. The summed E-state index contributed by atoms with van der Waals surface area (Å²) in [6, 6.07) is 10.7. The number of aromatic hydroxyl groups is 2. The number of amides is 1. The van der Waals surface area contributed by atoms with Gasteiger partial charge in [-0.3, -0.25) is 9.89 Å². The smallest absolute Gasteiger partial charge is 0.261 e. The van der Waals surface area contributed by atoms with Gasteiger partial charge < -0.3 is 15.1 Å². The summed E-state index contributed by atoms with van der Waals surface area (Å²) in [5, 5.41) is 27.0. The van der Waals surface area contributed by atoms with Gasteiger partial charge in [-0.25, -0.2) is 4.39 Å². The lowest BCUT2D eigenvalue weighted by molar-refractivity contribution is 0.0706. The average molecular weight is 381 g/mol. The summed E-state index contributed by atoms with van der Waals surface area (Å²) < 4.78 is 13.6. The first-order valence-electron chi connectivity index (χ1n) is 9.14. The molecule has 28 heavy (non-hydrogen) atoms. The van der Waals surface area contributed by atoms with Crippen LogP contribution in [0.4, 0.5) is 4.39 Å². The number of aromatic nitrogens is 2. The lowest BCUT2D eigenvalue weighted by atomic mass is 9.89. The summed E-state index contributed by atoms with van der Waals surface area (Å²) >= 11 is 0. The number of carbonyl (C=O) groups excluding carboxylic acids is 1. The monoisotopic (exact) mass is 381 g/mol. The molecule has 0 unspecified atom stereocenters. The van der Waals surface area contributed by atoms with Crippen LogP contribution in [0.5, 0.6) is 11.5 Å². The number of carbonyl (C=O) groups is 1. The van der Waals surface area contributed by atoms with Crippen molar-refractivity contribution < 1.29 is 19.4 Å². The van der Waals surface area contributed by atoms with Crippen molar-refractivity contribution in [2.75, 3.05) is 13.1 Å². The third-order valence-corrected chi connectivity index (χ3v) is 5.23. The molecule has 0 atom stereocenters. The first kappa shape index (κ1) is 18.0. The largest absolute Gasteiger partial charge is 0.507 e. The highest BCUT2D eigenvalue weighted by molar-refractivity contribution is 5.99. The number of phenolic OH excluding ortho intramolecular Hbond substituents is 2. The fourth-order valence-electron chi connectivity index (χ4n) is 3.77. The van der Waals surface area contributed by atoms with Crippen LogP contribution in [0.15, 0.2) is 48.7 Å². The van der Waals surface area contributed by atoms with Gasteiger partial charge in [-0.1, -0.05) is 18.2 Å². The molecule has 0 saturated carbocycles. The molecule has 0 bridgehead atoms. The van der Waals surface area contributed by atoms with Crippen molar-refractivity contribution in [3.05, 3.63) is 65.7 Å². The number of phenols is 2. The summed E-state index contributed by atoms with van der Waals surface area (Å²) in [5.74, 6) is -0.984. The van der Waals surface area contributed by atoms with Crippen LogP contribution < -0.4 is 0 Å². The van der Waals surface area contributed by atoms with Crippen molar-refractivity contribution in [1.29, 1.82) is 0 Å². The van der Waals surface area contributed by atoms with Crippen LogP contribution >= 0.6 is 0 Å². The van der Waals surface area contributed by atoms with Crippen LogP contribution in [0.1, 0.15) is 34.8 Å². The molecule has 6 nitrogen and oxygen atoms in total. The minimum Gasteiger partial charge on any atom is -0.507 e. The van der Waals surface area contributed by atoms with Crippen molar-refractivity contribution in [2.24, 2.45) is 0 Å². The highest BCUT2D eigenvalue weighted by Crippen LogP contribution is 2.35. The topological polar surface area (TPSA) is 89.5 Å². The Bertz CT molecular complexity index is 989. The summed E-state index contributed by atoms with van der Waals surface area (Å²) in [4.78, 5) is 14.3. The predicted molar refractivity (Wildman–Crippen MR) is 102 cm³/mol. The number of nitrogens with one attached hydrogen (secondary N) is 1. The second-order valence-corrected chi connectivity index (χ2v) is 6.95. The van der Waals surface area contributed by atoms with Gasteiger partial charge in [0.15, 0.2) is 0 Å². The minimum absolute atomic E-state index is 0.0667. The SMILES string of the molecule is O=C(c1c(O)cccc1O)N1CCC(c2[nH]ncc2-c2cccc(F)c2)CC1. The van der Waals surface area contributed by atoms with Gasteiger partial charge >= 0.3 is 0 Å². The molecule has 1 aliphatic rings. The Morgan fingerprint density at radius 1 is 1.11 bits per heavy atom. The predicted octanol–water partition coefficient (Wildman–Crippen LogP) is 3.65. The molecule has 2 heterocycles. The quantitative estimate of drug-likeness (QED) is 0.646. The van der Waals surface area contributed by atoms with Crippen molar-refractivity contribution in [3.63, 3.8) is 0 Å². The van der Waals surface area contributed by atoms with Crippen molar-refractivity contribution in [3.8, 4) is 22.6 Å². The van der Waals surface area contributed by atoms with E-state index in [1.807, 2.05) is 6.07 Å². The van der Waals surface area contributed by atoms with Crippen LogP contribution in [-0.2, 0) is 0 Å². The minimum atomic E-state index is -0.385. The molecule has 3 aromatic rings. The first-order chi connectivity index (χ1) is 13.5. The molecular weight excluding hydrogens is 361 g/mol. The molecule has 144 valence electrons. The van der Waals surface area contributed by atoms with E-state index in [4.69, 9.17) is 0 Å². The first-order valence-corrected chi connectivity index (χ1v) is 9.14. The molecule has 1 aromatic heterocycles. The normalized spacial score (nSPS) is 15.0. The third kappa shape index (κ3) is 3.31. The highest BCUT2D eigenvalue weighted by Gasteiger charge is 2.29. The molecule has 1 aliphatic heterocycles. The van der Waals surface area contributed by atoms with E-state index in [2.05, 4.69) is 10.2 Å². The van der Waals surface area contributed by atoms with Crippen molar-refractivity contribution in [2.45, 2.75) is 18.8 Å². The standard InChI is InChI=1S/C21H20FN3O3/c22-15-4-1-3-14(11-15)16-12-23-24-20(16)13-7-9-25(10-8-13)21(28)19-17(26)5-2-6-18(19)27/h1-6,11-13,26-27H,7-10H2,(H,23,24). The fourth-order valence-corrected chi connectivity index (χ4v) is 3.77. The zero-order valence-electron chi connectivity index (χ0n) is 15.1. The number of hydrogen-bond donors (Lipinski definition) is 3. The van der Waals surface area contributed by atoms with Gasteiger partial charge in [-0.2, -0.15) is 5.10 Å². The maximum absolute atomic E-state index is 13.6. The van der Waals surface area contributed by atoms with Gasteiger partial charge in [-0.15, -0.1) is 0 Å². The number of aromatic amines is 1. The number of benzene rings is 2. The van der Waals surface area contributed by atoms with Gasteiger partial charge in [0, 0.05) is 30.3 Å². The summed E-state index contributed by atoms with van der Waals surface area (Å²) in [5.41, 5.74) is 2.50. The molecule has 7 heteroatoms. The number of rotatable bonds is 3. The van der Waals surface area contributed by atoms with Crippen LogP contribution in [0.25, 0.3) is 11.1 Å². The molecule has 4 rings (SSSR count). The molecule has 3 N–H and O–H groups in total. The van der Waals surface area contributed by atoms with E-state index in [9.17, 15) is 19.4 Å². The highest BCUT2D eigenvalue weighted by atomic mass is 19.1. The molecule has 0 radical (unpaired) electrons. The van der Waals surface area contributed by atoms with Crippen molar-refractivity contribution in [1.82, 2.24) is 15.1 Å². The van der Waals surface area contributed by atoms with E-state index in [1.54, 1.807) is 17.2 Å². The van der Waals surface area contributed by atoms with Crippen LogP contribution in [-0.4, -0.2) is 44.3 Å². The number of nitrogens with zero attached hydrogens (tertiary/aromatic N) is 2. The van der Waals surface area contributed by atoms with E-state index in [0.29, 0.717) is 25.9 Å². The van der Waals surface area contributed by atoms with E-state index < -0.39 is 0 Å². The fraction of sp³-hybridized carbons (Fsp3) is 0.238. The Balaban J connectivity index is 1.50. The molecule has 1 fully saturated rings. The Labute approximate surface area is 161 Å². The van der Waals surface area contributed by atoms with Crippen LogP contribution in [0.2, 0.25) is 0 Å². The molecule has 0 aliphatic carbocycles. The zero-order valence-corrected chi connectivity index (χ0v) is 15.1. The molecule has 1 amide bonds. The number of H-pyrrole nitrogens is 1. The summed E-state index contributed by atoms with van der Waals surface area (Å²) in [6.45, 7) is 0.970. The Morgan fingerprint density at radius 2 is 1.79 bits per heavy atom. The lowest BCUT2D eigenvalue weighted by Gasteiger charge is -2.32. The average Bonchev–Trinajstić information content (AvgIpc) is 3.18. The number of hydrogen-bond acceptors (Lipinski definition) is 4. The Hall–Kier alpha value is -3.35. The van der Waals surface area contributed by atoms with E-state index >= 15 is 0 Å². The number of likely N-dealkylation sites (tertiary alicyclic amines) is 1. The molecule has 0 spiro atoms. The maximum Gasteiger partial charge on any atom is 0.261 e. The van der Waals surface area contributed by atoms with E-state index in [-0.39, 0.29) is 34.7 Å². The summed E-state index contributed by atoms with van der Waals surface area (Å²) in [6.07, 6.45) is 3.09. The van der Waals surface area contributed by atoms with E-state index in [1.165, 1.54) is 30.3 Å². The Morgan fingerprint density at radius 3 is 2.46 bits per heavy atom. The van der Waals surface area contributed by atoms with Gasteiger partial charge in [0.2, 0.25) is 0 Å². The second-order valence-electron chi connectivity index (χ2n) is 6.95. The Kier molecular flexibility index (Phi) is 4.73. The zero-order chi connectivity index (χ0) is 19.7. The van der Waals surface area contributed by atoms with Crippen molar-refractivity contribution >= 4 is 5.91 Å². The lowest BCUT2D eigenvalue weighted by Crippen LogP contribution is -2.38. The maximum atomic E-state index is 13.6. The summed E-state index contributed by atoms with van der Waals surface area (Å²) in [7, 11) is 0. The third-order valence-electron chi connectivity index (χ3n) is 5.23. The number of halogens is 1. The molecule has 1 saturated heterocycles. The van der Waals surface area contributed by atoms with Crippen LogP contribution in [0.3, 0.4) is 0 Å². The van der Waals surface area contributed by atoms with Gasteiger partial charge in [-0.05, 0) is 42.7 Å². The van der Waals surface area contributed by atoms with Crippen LogP contribution in [0, 0.1) is 5.82 Å². The van der Waals surface area contributed by atoms with Gasteiger partial charge in [0.25, 0.3) is 5.91 Å². The molecular formula is C21H20FN3O3.